The van der Waals surface area contributed by atoms with Crippen molar-refractivity contribution in [2.75, 3.05) is 18.0 Å². The number of carbonyl (C=O) groups is 1. The van der Waals surface area contributed by atoms with Crippen LogP contribution in [0.4, 0.5) is 5.95 Å². The Morgan fingerprint density at radius 1 is 1.48 bits per heavy atom. The molecular formula is C17H22N4O2. The Morgan fingerprint density at radius 3 is 3.09 bits per heavy atom. The van der Waals surface area contributed by atoms with E-state index >= 15 is 0 Å². The third kappa shape index (κ3) is 3.88. The average Bonchev–Trinajstić information content (AvgIpc) is 3.05. The Balaban J connectivity index is 1.72. The summed E-state index contributed by atoms with van der Waals surface area (Å²) in [6.45, 7) is 6.37. The summed E-state index contributed by atoms with van der Waals surface area (Å²) in [6, 6.07) is 5.34. The molecule has 2 aromatic heterocycles. The standard InChI is InChI=1S/C17H22N4O2/c1-12-5-3-7-21(11-12)17-19-13(2)9-15(20-17)16(22)18-10-14-6-4-8-23-14/h4,6,8-9,12H,3,5,7,10-11H2,1-2H3,(H,18,22). The molecule has 0 aliphatic carbocycles. The van der Waals surface area contributed by atoms with Gasteiger partial charge in [0.15, 0.2) is 0 Å². The fourth-order valence-corrected chi connectivity index (χ4v) is 2.85. The second kappa shape index (κ2) is 6.81. The van der Waals surface area contributed by atoms with Gasteiger partial charge < -0.3 is 14.6 Å². The van der Waals surface area contributed by atoms with E-state index in [1.165, 1.54) is 6.42 Å². The molecule has 0 aromatic carbocycles. The van der Waals surface area contributed by atoms with E-state index in [1.807, 2.05) is 13.0 Å². The molecule has 1 aliphatic rings. The fraction of sp³-hybridized carbons (Fsp3) is 0.471. The molecule has 3 rings (SSSR count). The van der Waals surface area contributed by atoms with Gasteiger partial charge >= 0.3 is 0 Å². The smallest absolute Gasteiger partial charge is 0.270 e. The van der Waals surface area contributed by atoms with E-state index in [4.69, 9.17) is 4.42 Å². The van der Waals surface area contributed by atoms with Crippen LogP contribution in [-0.4, -0.2) is 29.0 Å². The van der Waals surface area contributed by atoms with E-state index in [0.29, 0.717) is 29.9 Å². The highest BCUT2D eigenvalue weighted by atomic mass is 16.3. The molecule has 0 radical (unpaired) electrons. The van der Waals surface area contributed by atoms with Crippen molar-refractivity contribution < 1.29 is 9.21 Å². The van der Waals surface area contributed by atoms with Crippen molar-refractivity contribution in [3.8, 4) is 0 Å². The first kappa shape index (κ1) is 15.5. The van der Waals surface area contributed by atoms with Gasteiger partial charge in [0.1, 0.15) is 11.5 Å². The minimum Gasteiger partial charge on any atom is -0.467 e. The van der Waals surface area contributed by atoms with Crippen LogP contribution in [0.3, 0.4) is 0 Å². The Hall–Kier alpha value is -2.37. The summed E-state index contributed by atoms with van der Waals surface area (Å²) in [7, 11) is 0. The van der Waals surface area contributed by atoms with Gasteiger partial charge in [-0.05, 0) is 43.9 Å². The van der Waals surface area contributed by atoms with Crippen LogP contribution in [0.15, 0.2) is 28.9 Å². The molecule has 1 fully saturated rings. The van der Waals surface area contributed by atoms with Crippen LogP contribution in [-0.2, 0) is 6.54 Å². The number of amides is 1. The molecule has 1 aliphatic heterocycles. The highest BCUT2D eigenvalue weighted by molar-refractivity contribution is 5.92. The minimum absolute atomic E-state index is 0.210. The van der Waals surface area contributed by atoms with E-state index in [0.717, 1.165) is 25.2 Å². The number of nitrogens with zero attached hydrogens (tertiary/aromatic N) is 3. The lowest BCUT2D eigenvalue weighted by atomic mass is 10.0. The molecule has 1 amide bonds. The molecule has 6 heteroatoms. The molecule has 6 nitrogen and oxygen atoms in total. The first-order valence-corrected chi connectivity index (χ1v) is 8.03. The second-order valence-corrected chi connectivity index (χ2v) is 6.15. The van der Waals surface area contributed by atoms with Crippen molar-refractivity contribution in [1.29, 1.82) is 0 Å². The van der Waals surface area contributed by atoms with Crippen LogP contribution < -0.4 is 10.2 Å². The summed E-state index contributed by atoms with van der Waals surface area (Å²) in [5, 5.41) is 2.83. The Labute approximate surface area is 135 Å². The second-order valence-electron chi connectivity index (χ2n) is 6.15. The van der Waals surface area contributed by atoms with E-state index in [1.54, 1.807) is 18.4 Å². The third-order valence-corrected chi connectivity index (χ3v) is 4.02. The summed E-state index contributed by atoms with van der Waals surface area (Å²) in [5.41, 5.74) is 1.20. The zero-order valence-electron chi connectivity index (χ0n) is 13.6. The molecule has 23 heavy (non-hydrogen) atoms. The van der Waals surface area contributed by atoms with Crippen LogP contribution in [0, 0.1) is 12.8 Å². The van der Waals surface area contributed by atoms with Gasteiger partial charge in [0.25, 0.3) is 5.91 Å². The topological polar surface area (TPSA) is 71.3 Å². The third-order valence-electron chi connectivity index (χ3n) is 4.02. The van der Waals surface area contributed by atoms with Crippen LogP contribution in [0.1, 0.15) is 41.7 Å². The van der Waals surface area contributed by atoms with Crippen molar-refractivity contribution in [3.63, 3.8) is 0 Å². The van der Waals surface area contributed by atoms with Gasteiger partial charge in [0.2, 0.25) is 5.95 Å². The minimum atomic E-state index is -0.210. The highest BCUT2D eigenvalue weighted by Gasteiger charge is 2.20. The van der Waals surface area contributed by atoms with Crippen molar-refractivity contribution in [2.45, 2.75) is 33.2 Å². The average molecular weight is 314 g/mol. The predicted molar refractivity (Wildman–Crippen MR) is 87.3 cm³/mol. The first-order valence-electron chi connectivity index (χ1n) is 8.03. The van der Waals surface area contributed by atoms with Gasteiger partial charge in [0, 0.05) is 18.8 Å². The molecular weight excluding hydrogens is 292 g/mol. The number of carbonyl (C=O) groups excluding carboxylic acids is 1. The lowest BCUT2D eigenvalue weighted by Crippen LogP contribution is -2.36. The summed E-state index contributed by atoms with van der Waals surface area (Å²) in [6.07, 6.45) is 3.96. The molecule has 3 heterocycles. The molecule has 0 spiro atoms. The molecule has 1 atom stereocenters. The zero-order valence-corrected chi connectivity index (χ0v) is 13.6. The number of nitrogens with one attached hydrogen (secondary N) is 1. The molecule has 1 saturated heterocycles. The van der Waals surface area contributed by atoms with Gasteiger partial charge in [-0.15, -0.1) is 0 Å². The number of rotatable bonds is 4. The van der Waals surface area contributed by atoms with E-state index < -0.39 is 0 Å². The molecule has 1 N–H and O–H groups in total. The Kier molecular flexibility index (Phi) is 4.60. The number of hydrogen-bond acceptors (Lipinski definition) is 5. The number of aromatic nitrogens is 2. The van der Waals surface area contributed by atoms with E-state index in [9.17, 15) is 4.79 Å². The zero-order chi connectivity index (χ0) is 16.2. The SMILES string of the molecule is Cc1cc(C(=O)NCc2ccco2)nc(N2CCCC(C)C2)n1. The van der Waals surface area contributed by atoms with Crippen LogP contribution >= 0.6 is 0 Å². The summed E-state index contributed by atoms with van der Waals surface area (Å²) >= 11 is 0. The van der Waals surface area contributed by atoms with Gasteiger partial charge in [-0.25, -0.2) is 9.97 Å². The Bertz CT molecular complexity index is 669. The molecule has 122 valence electrons. The number of furan rings is 1. The van der Waals surface area contributed by atoms with E-state index in [2.05, 4.69) is 27.1 Å². The first-order chi connectivity index (χ1) is 11.1. The highest BCUT2D eigenvalue weighted by Crippen LogP contribution is 2.20. The van der Waals surface area contributed by atoms with Gasteiger partial charge in [-0.3, -0.25) is 4.79 Å². The fourth-order valence-electron chi connectivity index (χ4n) is 2.85. The lowest BCUT2D eigenvalue weighted by molar-refractivity contribution is 0.0943. The molecule has 0 saturated carbocycles. The van der Waals surface area contributed by atoms with E-state index in [-0.39, 0.29) is 5.91 Å². The van der Waals surface area contributed by atoms with Crippen LogP contribution in [0.25, 0.3) is 0 Å². The largest absolute Gasteiger partial charge is 0.467 e. The normalized spacial score (nSPS) is 18.0. The molecule has 1 unspecified atom stereocenters. The maximum Gasteiger partial charge on any atom is 0.270 e. The van der Waals surface area contributed by atoms with Gasteiger partial charge in [0.05, 0.1) is 12.8 Å². The van der Waals surface area contributed by atoms with Crippen LogP contribution in [0.5, 0.6) is 0 Å². The quantitative estimate of drug-likeness (QED) is 0.939. The maximum absolute atomic E-state index is 12.3. The number of hydrogen-bond donors (Lipinski definition) is 1. The van der Waals surface area contributed by atoms with Gasteiger partial charge in [-0.1, -0.05) is 6.92 Å². The van der Waals surface area contributed by atoms with Crippen molar-refractivity contribution in [2.24, 2.45) is 5.92 Å². The van der Waals surface area contributed by atoms with Crippen molar-refractivity contribution in [3.05, 3.63) is 41.6 Å². The molecule has 2 aromatic rings. The monoisotopic (exact) mass is 314 g/mol. The summed E-state index contributed by atoms with van der Waals surface area (Å²) < 4.78 is 5.22. The van der Waals surface area contributed by atoms with Crippen molar-refractivity contribution >= 4 is 11.9 Å². The Morgan fingerprint density at radius 2 is 2.35 bits per heavy atom. The number of piperidine rings is 1. The van der Waals surface area contributed by atoms with Gasteiger partial charge in [-0.2, -0.15) is 0 Å². The predicted octanol–water partition coefficient (Wildman–Crippen LogP) is 2.54. The molecule has 0 bridgehead atoms. The number of anilines is 1. The van der Waals surface area contributed by atoms with Crippen LogP contribution in [0.2, 0.25) is 0 Å². The maximum atomic E-state index is 12.3. The lowest BCUT2D eigenvalue weighted by Gasteiger charge is -2.31. The van der Waals surface area contributed by atoms with Crippen molar-refractivity contribution in [1.82, 2.24) is 15.3 Å². The number of aryl methyl sites for hydroxylation is 1. The summed E-state index contributed by atoms with van der Waals surface area (Å²) in [4.78, 5) is 23.5. The summed E-state index contributed by atoms with van der Waals surface area (Å²) in [5.74, 6) is 1.79.